The first-order chi connectivity index (χ1) is 8.25. The highest BCUT2D eigenvalue weighted by Gasteiger charge is 2.03. The van der Waals surface area contributed by atoms with Crippen LogP contribution in [0.1, 0.15) is 11.1 Å². The summed E-state index contributed by atoms with van der Waals surface area (Å²) in [6.45, 7) is 0. The van der Waals surface area contributed by atoms with Crippen molar-refractivity contribution in [3.8, 4) is 0 Å². The summed E-state index contributed by atoms with van der Waals surface area (Å²) in [4.78, 5) is 10.1. The Labute approximate surface area is 99.9 Å². The molecule has 0 bridgehead atoms. The van der Waals surface area contributed by atoms with Crippen molar-refractivity contribution in [2.75, 3.05) is 0 Å². The highest BCUT2D eigenvalue weighted by molar-refractivity contribution is 5.36. The van der Waals surface area contributed by atoms with Crippen LogP contribution in [0.25, 0.3) is 0 Å². The van der Waals surface area contributed by atoms with Crippen LogP contribution < -0.4 is 0 Å². The molecule has 0 saturated heterocycles. The summed E-state index contributed by atoms with van der Waals surface area (Å²) in [5.41, 5.74) is 2.35. The van der Waals surface area contributed by atoms with Crippen LogP contribution in [-0.2, 0) is 6.42 Å². The molecule has 85 valence electrons. The van der Waals surface area contributed by atoms with Gasteiger partial charge >= 0.3 is 0 Å². The van der Waals surface area contributed by atoms with Crippen molar-refractivity contribution in [3.05, 3.63) is 82.3 Å². The van der Waals surface area contributed by atoms with Crippen molar-refractivity contribution in [2.45, 2.75) is 6.42 Å². The molecule has 0 spiro atoms. The number of rotatable bonds is 4. The minimum Gasteiger partial charge on any atom is -0.258 e. The summed E-state index contributed by atoms with van der Waals surface area (Å²) in [7, 11) is 0. The van der Waals surface area contributed by atoms with E-state index in [9.17, 15) is 10.1 Å². The maximum atomic E-state index is 10.5. The predicted molar refractivity (Wildman–Crippen MR) is 66.6 cm³/mol. The van der Waals surface area contributed by atoms with Crippen molar-refractivity contribution >= 4 is 5.69 Å². The first kappa shape index (κ1) is 11.3. The van der Waals surface area contributed by atoms with Crippen LogP contribution in [0.2, 0.25) is 0 Å². The fraction of sp³-hybridized carbons (Fsp3) is 0.0714. The number of nitrogens with zero attached hydrogens (tertiary/aromatic N) is 1. The fourth-order valence-electron chi connectivity index (χ4n) is 1.58. The molecule has 0 heterocycles. The maximum absolute atomic E-state index is 10.5. The standard InChI is InChI=1S/C14H12NO2/c16-15(17)14-10-8-13(9-11-14)7-6-12-4-2-1-3-5-12/h1-5,7-11H,6H2. The smallest absolute Gasteiger partial charge is 0.258 e. The topological polar surface area (TPSA) is 43.1 Å². The average Bonchev–Trinajstić information content (AvgIpc) is 2.38. The quantitative estimate of drug-likeness (QED) is 0.592. The van der Waals surface area contributed by atoms with Crippen LogP contribution in [0, 0.1) is 16.5 Å². The lowest BCUT2D eigenvalue weighted by atomic mass is 10.0. The molecule has 0 aliphatic rings. The molecule has 0 aliphatic carbocycles. The molecule has 0 N–H and O–H groups in total. The number of hydrogen-bond donors (Lipinski definition) is 0. The zero-order valence-electron chi connectivity index (χ0n) is 9.24. The lowest BCUT2D eigenvalue weighted by Gasteiger charge is -2.01. The molecule has 2 rings (SSSR count). The molecule has 1 radical (unpaired) electrons. The Morgan fingerprint density at radius 3 is 2.24 bits per heavy atom. The minimum atomic E-state index is -0.388. The number of hydrogen-bond acceptors (Lipinski definition) is 2. The van der Waals surface area contributed by atoms with Gasteiger partial charge in [0.05, 0.1) is 4.92 Å². The second kappa shape index (κ2) is 5.25. The summed E-state index contributed by atoms with van der Waals surface area (Å²) in [5.74, 6) is 0. The van der Waals surface area contributed by atoms with Gasteiger partial charge in [-0.3, -0.25) is 10.1 Å². The van der Waals surface area contributed by atoms with E-state index in [4.69, 9.17) is 0 Å². The van der Waals surface area contributed by atoms with Gasteiger partial charge in [0.2, 0.25) is 0 Å². The van der Waals surface area contributed by atoms with Crippen LogP contribution in [0.3, 0.4) is 0 Å². The van der Waals surface area contributed by atoms with Crippen molar-refractivity contribution < 1.29 is 4.92 Å². The summed E-state index contributed by atoms with van der Waals surface area (Å²) in [6.07, 6.45) is 2.89. The number of nitro groups is 1. The molecule has 0 aliphatic heterocycles. The monoisotopic (exact) mass is 226 g/mol. The van der Waals surface area contributed by atoms with Gasteiger partial charge in [-0.25, -0.2) is 0 Å². The molecule has 17 heavy (non-hydrogen) atoms. The van der Waals surface area contributed by atoms with E-state index in [1.807, 2.05) is 18.2 Å². The van der Waals surface area contributed by atoms with Gasteiger partial charge in [-0.2, -0.15) is 0 Å². The third kappa shape index (κ3) is 3.14. The highest BCUT2D eigenvalue weighted by atomic mass is 16.6. The Bertz CT molecular complexity index is 491. The largest absolute Gasteiger partial charge is 0.269 e. The van der Waals surface area contributed by atoms with E-state index in [1.54, 1.807) is 12.1 Å². The summed E-state index contributed by atoms with van der Waals surface area (Å²) < 4.78 is 0. The lowest BCUT2D eigenvalue weighted by molar-refractivity contribution is -0.384. The second-order valence-electron chi connectivity index (χ2n) is 3.74. The van der Waals surface area contributed by atoms with E-state index >= 15 is 0 Å². The van der Waals surface area contributed by atoms with Gasteiger partial charge in [-0.15, -0.1) is 0 Å². The van der Waals surface area contributed by atoms with Crippen LogP contribution in [0.4, 0.5) is 5.69 Å². The van der Waals surface area contributed by atoms with E-state index in [-0.39, 0.29) is 10.6 Å². The molecule has 0 atom stereocenters. The Morgan fingerprint density at radius 2 is 1.65 bits per heavy atom. The van der Waals surface area contributed by atoms with E-state index < -0.39 is 0 Å². The maximum Gasteiger partial charge on any atom is 0.269 e. The van der Waals surface area contributed by atoms with Gasteiger partial charge in [0.1, 0.15) is 0 Å². The molecular weight excluding hydrogens is 214 g/mol. The molecular formula is C14H12NO2. The Balaban J connectivity index is 1.98. The van der Waals surface area contributed by atoms with E-state index in [1.165, 1.54) is 17.7 Å². The zero-order valence-corrected chi connectivity index (χ0v) is 9.24. The lowest BCUT2D eigenvalue weighted by Crippen LogP contribution is -1.90. The Hall–Kier alpha value is -2.16. The molecule has 2 aromatic carbocycles. The van der Waals surface area contributed by atoms with Gasteiger partial charge in [0, 0.05) is 12.1 Å². The van der Waals surface area contributed by atoms with E-state index in [0.29, 0.717) is 0 Å². The summed E-state index contributed by atoms with van der Waals surface area (Å²) in [5, 5.41) is 10.5. The SMILES string of the molecule is O=[N+]([O-])c1ccc([CH]Cc2ccccc2)cc1. The molecule has 0 saturated carbocycles. The van der Waals surface area contributed by atoms with Gasteiger partial charge in [-0.1, -0.05) is 42.5 Å². The summed E-state index contributed by atoms with van der Waals surface area (Å²) in [6, 6.07) is 16.7. The zero-order chi connectivity index (χ0) is 12.1. The molecule has 0 fully saturated rings. The molecule has 3 heteroatoms. The highest BCUT2D eigenvalue weighted by Crippen LogP contribution is 2.14. The summed E-state index contributed by atoms with van der Waals surface area (Å²) >= 11 is 0. The van der Waals surface area contributed by atoms with Gasteiger partial charge < -0.3 is 0 Å². The number of non-ortho nitro benzene ring substituents is 1. The second-order valence-corrected chi connectivity index (χ2v) is 3.74. The van der Waals surface area contributed by atoms with E-state index in [2.05, 4.69) is 18.6 Å². The molecule has 2 aromatic rings. The predicted octanol–water partition coefficient (Wildman–Crippen LogP) is 3.39. The average molecular weight is 226 g/mol. The third-order valence-electron chi connectivity index (χ3n) is 2.52. The first-order valence-corrected chi connectivity index (χ1v) is 5.37. The Kier molecular flexibility index (Phi) is 3.50. The van der Waals surface area contributed by atoms with Crippen LogP contribution in [0.15, 0.2) is 54.6 Å². The first-order valence-electron chi connectivity index (χ1n) is 5.37. The van der Waals surface area contributed by atoms with Crippen molar-refractivity contribution in [1.29, 1.82) is 0 Å². The van der Waals surface area contributed by atoms with Crippen molar-refractivity contribution in [2.24, 2.45) is 0 Å². The van der Waals surface area contributed by atoms with E-state index in [0.717, 1.165) is 12.0 Å². The number of benzene rings is 2. The molecule has 0 aromatic heterocycles. The normalized spacial score (nSPS) is 10.1. The van der Waals surface area contributed by atoms with Gasteiger partial charge in [0.25, 0.3) is 5.69 Å². The molecule has 3 nitrogen and oxygen atoms in total. The van der Waals surface area contributed by atoms with Crippen molar-refractivity contribution in [3.63, 3.8) is 0 Å². The van der Waals surface area contributed by atoms with Crippen LogP contribution >= 0.6 is 0 Å². The van der Waals surface area contributed by atoms with Gasteiger partial charge in [-0.05, 0) is 24.0 Å². The minimum absolute atomic E-state index is 0.127. The number of nitro benzene ring substituents is 1. The molecule has 0 unspecified atom stereocenters. The molecule has 0 amide bonds. The fourth-order valence-corrected chi connectivity index (χ4v) is 1.58. The van der Waals surface area contributed by atoms with Crippen LogP contribution in [0.5, 0.6) is 0 Å². The van der Waals surface area contributed by atoms with Crippen molar-refractivity contribution in [1.82, 2.24) is 0 Å². The van der Waals surface area contributed by atoms with Gasteiger partial charge in [0.15, 0.2) is 0 Å². The third-order valence-corrected chi connectivity index (χ3v) is 2.52. The van der Waals surface area contributed by atoms with Crippen LogP contribution in [-0.4, -0.2) is 4.92 Å². The Morgan fingerprint density at radius 1 is 1.00 bits per heavy atom.